The van der Waals surface area contributed by atoms with E-state index >= 15 is 0 Å². The lowest BCUT2D eigenvalue weighted by Crippen LogP contribution is -2.16. The van der Waals surface area contributed by atoms with Crippen molar-refractivity contribution in [1.29, 1.82) is 0 Å². The highest BCUT2D eigenvalue weighted by Crippen LogP contribution is 2.36. The maximum Gasteiger partial charge on any atom is 0.132 e. The number of fused-ring (bicyclic) bond motifs is 1. The van der Waals surface area contributed by atoms with Crippen molar-refractivity contribution in [2.45, 2.75) is 39.5 Å². The number of thiazole rings is 1. The van der Waals surface area contributed by atoms with E-state index in [2.05, 4.69) is 38.0 Å². The molecule has 3 nitrogen and oxygen atoms in total. The van der Waals surface area contributed by atoms with Crippen molar-refractivity contribution in [3.63, 3.8) is 0 Å². The third kappa shape index (κ3) is 2.02. The molecule has 0 aliphatic heterocycles. The van der Waals surface area contributed by atoms with Crippen molar-refractivity contribution >= 4 is 27.4 Å². The maximum atomic E-state index is 4.74. The zero-order valence-corrected chi connectivity index (χ0v) is 11.9. The number of hydrogen-bond donors (Lipinski definition) is 1. The zero-order chi connectivity index (χ0) is 12.6. The van der Waals surface area contributed by atoms with Crippen LogP contribution in [-0.2, 0) is 11.8 Å². The van der Waals surface area contributed by atoms with Crippen molar-refractivity contribution in [1.82, 2.24) is 9.97 Å². The molecular formula is C13H19N3S. The first-order chi connectivity index (χ1) is 7.99. The van der Waals surface area contributed by atoms with Crippen molar-refractivity contribution in [2.24, 2.45) is 0 Å². The van der Waals surface area contributed by atoms with E-state index in [0.29, 0.717) is 0 Å². The first-order valence-corrected chi connectivity index (χ1v) is 6.81. The molecule has 0 fully saturated rings. The molecule has 0 radical (unpaired) electrons. The van der Waals surface area contributed by atoms with E-state index in [1.807, 2.05) is 12.6 Å². The third-order valence-corrected chi connectivity index (χ3v) is 3.75. The van der Waals surface area contributed by atoms with E-state index in [0.717, 1.165) is 23.4 Å². The van der Waals surface area contributed by atoms with Crippen LogP contribution >= 0.6 is 11.3 Å². The van der Waals surface area contributed by atoms with Crippen molar-refractivity contribution in [3.8, 4) is 0 Å². The molecule has 2 heterocycles. The van der Waals surface area contributed by atoms with Crippen LogP contribution in [0.3, 0.4) is 0 Å². The number of aromatic nitrogens is 2. The summed E-state index contributed by atoms with van der Waals surface area (Å²) >= 11 is 1.69. The smallest absolute Gasteiger partial charge is 0.132 e. The minimum atomic E-state index is 0.0456. The summed E-state index contributed by atoms with van der Waals surface area (Å²) in [7, 11) is 1.93. The molecule has 0 aliphatic rings. The average molecular weight is 249 g/mol. The molecule has 0 spiro atoms. The molecule has 0 aliphatic carbocycles. The number of hydrogen-bond acceptors (Lipinski definition) is 4. The second-order valence-electron chi connectivity index (χ2n) is 5.17. The Morgan fingerprint density at radius 3 is 2.59 bits per heavy atom. The molecule has 0 atom stereocenters. The molecule has 0 saturated carbocycles. The largest absolute Gasteiger partial charge is 0.373 e. The molecule has 0 aromatic carbocycles. The van der Waals surface area contributed by atoms with Gasteiger partial charge in [-0.2, -0.15) is 0 Å². The molecule has 4 heteroatoms. The van der Waals surface area contributed by atoms with Gasteiger partial charge in [0, 0.05) is 12.6 Å². The summed E-state index contributed by atoms with van der Waals surface area (Å²) in [4.78, 5) is 9.28. The summed E-state index contributed by atoms with van der Waals surface area (Å²) in [5.41, 5.74) is 5.43. The van der Waals surface area contributed by atoms with Gasteiger partial charge in [-0.05, 0) is 11.8 Å². The molecule has 17 heavy (non-hydrogen) atoms. The van der Waals surface area contributed by atoms with Crippen LogP contribution in [0.15, 0.2) is 5.51 Å². The minimum absolute atomic E-state index is 0.0456. The van der Waals surface area contributed by atoms with Crippen molar-refractivity contribution < 1.29 is 0 Å². The Labute approximate surface area is 106 Å². The Balaban J connectivity index is 2.85. The fraction of sp³-hybridized carbons (Fsp3) is 0.538. The van der Waals surface area contributed by atoms with Crippen LogP contribution in [0, 0.1) is 0 Å². The molecule has 0 bridgehead atoms. The van der Waals surface area contributed by atoms with Gasteiger partial charge in [-0.25, -0.2) is 9.97 Å². The summed E-state index contributed by atoms with van der Waals surface area (Å²) in [6.07, 6.45) is 0.942. The molecule has 92 valence electrons. The van der Waals surface area contributed by atoms with E-state index < -0.39 is 0 Å². The monoisotopic (exact) mass is 249 g/mol. The summed E-state index contributed by atoms with van der Waals surface area (Å²) in [6.45, 7) is 8.75. The van der Waals surface area contributed by atoms with Crippen molar-refractivity contribution in [3.05, 3.63) is 16.8 Å². The van der Waals surface area contributed by atoms with Gasteiger partial charge < -0.3 is 5.32 Å². The highest BCUT2D eigenvalue weighted by atomic mass is 32.1. The number of nitrogens with zero attached hydrogens (tertiary/aromatic N) is 2. The fourth-order valence-corrected chi connectivity index (χ4v) is 2.97. The van der Waals surface area contributed by atoms with Gasteiger partial charge >= 0.3 is 0 Å². The number of aryl methyl sites for hydroxylation is 1. The van der Waals surface area contributed by atoms with Gasteiger partial charge in [0.05, 0.1) is 21.4 Å². The van der Waals surface area contributed by atoms with Crippen LogP contribution in [0.25, 0.3) is 10.2 Å². The van der Waals surface area contributed by atoms with Gasteiger partial charge in [0.1, 0.15) is 5.82 Å². The van der Waals surface area contributed by atoms with Crippen LogP contribution in [0.2, 0.25) is 0 Å². The maximum absolute atomic E-state index is 4.74. The fourth-order valence-electron chi connectivity index (χ4n) is 2.11. The highest BCUT2D eigenvalue weighted by molar-refractivity contribution is 7.17. The topological polar surface area (TPSA) is 37.8 Å². The minimum Gasteiger partial charge on any atom is -0.373 e. The van der Waals surface area contributed by atoms with E-state index in [4.69, 9.17) is 4.98 Å². The Morgan fingerprint density at radius 2 is 2.06 bits per heavy atom. The lowest BCUT2D eigenvalue weighted by Gasteiger charge is -2.23. The highest BCUT2D eigenvalue weighted by Gasteiger charge is 2.24. The first-order valence-electron chi connectivity index (χ1n) is 5.93. The Bertz CT molecular complexity index is 537. The van der Waals surface area contributed by atoms with Gasteiger partial charge in [0.2, 0.25) is 0 Å². The van der Waals surface area contributed by atoms with Gasteiger partial charge in [0.15, 0.2) is 0 Å². The molecular weight excluding hydrogens is 230 g/mol. The third-order valence-electron chi connectivity index (χ3n) is 2.87. The van der Waals surface area contributed by atoms with E-state index in [1.165, 1.54) is 10.3 Å². The summed E-state index contributed by atoms with van der Waals surface area (Å²) < 4.78 is 1.23. The molecule has 2 rings (SSSR count). The molecule has 2 aromatic rings. The predicted molar refractivity (Wildman–Crippen MR) is 75.0 cm³/mol. The number of pyridine rings is 1. The van der Waals surface area contributed by atoms with Crippen LogP contribution in [0.1, 0.15) is 39.0 Å². The molecule has 0 amide bonds. The van der Waals surface area contributed by atoms with Crippen LogP contribution < -0.4 is 5.32 Å². The SMILES string of the molecule is CCc1nc(NC)c(C(C)(C)C)c2ncsc12. The van der Waals surface area contributed by atoms with E-state index in [9.17, 15) is 0 Å². The standard InChI is InChI=1S/C13H19N3S/c1-6-8-11-10(15-7-17-11)9(13(2,3)4)12(14-5)16-8/h7H,6H2,1-5H3,(H,14,16). The van der Waals surface area contributed by atoms with Gasteiger partial charge in [-0.15, -0.1) is 11.3 Å². The Hall–Kier alpha value is -1.16. The Kier molecular flexibility index (Phi) is 3.08. The quantitative estimate of drug-likeness (QED) is 0.883. The van der Waals surface area contributed by atoms with Gasteiger partial charge in [-0.3, -0.25) is 0 Å². The lowest BCUT2D eigenvalue weighted by atomic mass is 9.86. The van der Waals surface area contributed by atoms with Gasteiger partial charge in [0.25, 0.3) is 0 Å². The van der Waals surface area contributed by atoms with Crippen LogP contribution in [0.4, 0.5) is 5.82 Å². The first kappa shape index (κ1) is 12.3. The number of nitrogens with one attached hydrogen (secondary N) is 1. The number of anilines is 1. The predicted octanol–water partition coefficient (Wildman–Crippen LogP) is 3.59. The van der Waals surface area contributed by atoms with Crippen LogP contribution in [0.5, 0.6) is 0 Å². The van der Waals surface area contributed by atoms with Crippen molar-refractivity contribution in [2.75, 3.05) is 12.4 Å². The lowest BCUT2D eigenvalue weighted by molar-refractivity contribution is 0.594. The molecule has 0 unspecified atom stereocenters. The second-order valence-corrected chi connectivity index (χ2v) is 6.02. The number of rotatable bonds is 2. The Morgan fingerprint density at radius 1 is 1.35 bits per heavy atom. The molecule has 2 aromatic heterocycles. The zero-order valence-electron chi connectivity index (χ0n) is 11.1. The van der Waals surface area contributed by atoms with Gasteiger partial charge in [-0.1, -0.05) is 27.7 Å². The summed E-state index contributed by atoms with van der Waals surface area (Å²) in [6, 6.07) is 0. The normalized spacial score (nSPS) is 12.1. The summed E-state index contributed by atoms with van der Waals surface area (Å²) in [5, 5.41) is 3.21. The second kappa shape index (κ2) is 4.26. The van der Waals surface area contributed by atoms with Crippen LogP contribution in [-0.4, -0.2) is 17.0 Å². The average Bonchev–Trinajstić information content (AvgIpc) is 2.73. The van der Waals surface area contributed by atoms with E-state index in [1.54, 1.807) is 11.3 Å². The molecule has 0 saturated heterocycles. The van der Waals surface area contributed by atoms with E-state index in [-0.39, 0.29) is 5.41 Å². The summed E-state index contributed by atoms with van der Waals surface area (Å²) in [5.74, 6) is 0.966. The molecule has 1 N–H and O–H groups in total.